The minimum absolute atomic E-state index is 0.00517. The van der Waals surface area contributed by atoms with Gasteiger partial charge in [0.1, 0.15) is 35.6 Å². The van der Waals surface area contributed by atoms with Crippen LogP contribution in [0.25, 0.3) is 22.2 Å². The number of aryl methyl sites for hydroxylation is 1. The van der Waals surface area contributed by atoms with Crippen LogP contribution in [0.4, 0.5) is 14.6 Å². The number of nitrogens with zero attached hydrogens (tertiary/aromatic N) is 7. The molecule has 3 aliphatic heterocycles. The van der Waals surface area contributed by atoms with Crippen LogP contribution >= 0.6 is 11.6 Å². The maximum absolute atomic E-state index is 17.1. The molecule has 0 spiro atoms. The number of piperidine rings is 1. The Hall–Kier alpha value is -4.20. The van der Waals surface area contributed by atoms with Crippen molar-refractivity contribution in [1.82, 2.24) is 30.0 Å². The summed E-state index contributed by atoms with van der Waals surface area (Å²) in [5.41, 5.74) is 0.924. The molecule has 1 unspecified atom stereocenters. The molecule has 3 fully saturated rings. The van der Waals surface area contributed by atoms with E-state index in [1.807, 2.05) is 6.08 Å². The van der Waals surface area contributed by atoms with Crippen molar-refractivity contribution in [2.45, 2.75) is 75.9 Å². The summed E-state index contributed by atoms with van der Waals surface area (Å²) in [6.07, 6.45) is 11.6. The Kier molecular flexibility index (Phi) is 11.5. The Labute approximate surface area is 313 Å². The van der Waals surface area contributed by atoms with Gasteiger partial charge < -0.3 is 23.6 Å². The van der Waals surface area contributed by atoms with Crippen LogP contribution in [-0.2, 0) is 24.0 Å². The van der Waals surface area contributed by atoms with Crippen molar-refractivity contribution in [3.8, 4) is 23.0 Å². The number of allylic oxidation sites excluding steroid dienone is 2. The summed E-state index contributed by atoms with van der Waals surface area (Å²) >= 11 is 6.77. The molecule has 282 valence electrons. The topological polar surface area (TPSA) is 112 Å². The van der Waals surface area contributed by atoms with Gasteiger partial charge in [0.25, 0.3) is 0 Å². The summed E-state index contributed by atoms with van der Waals surface area (Å²) in [6.45, 7) is 10.4. The average molecular weight is 750 g/mol. The summed E-state index contributed by atoms with van der Waals surface area (Å²) in [6, 6.07) is 3.45. The average Bonchev–Trinajstić information content (AvgIpc) is 3.85. The van der Waals surface area contributed by atoms with E-state index in [1.165, 1.54) is 7.11 Å². The Morgan fingerprint density at radius 2 is 1.92 bits per heavy atom. The van der Waals surface area contributed by atoms with Crippen molar-refractivity contribution in [2.24, 2.45) is 5.92 Å². The van der Waals surface area contributed by atoms with Crippen LogP contribution in [0.1, 0.15) is 62.2 Å². The fourth-order valence-corrected chi connectivity index (χ4v) is 8.38. The molecule has 14 heteroatoms. The summed E-state index contributed by atoms with van der Waals surface area (Å²) in [5.74, 6) is 1.78. The third-order valence-corrected chi connectivity index (χ3v) is 10.9. The van der Waals surface area contributed by atoms with Gasteiger partial charge in [-0.1, -0.05) is 28.9 Å². The van der Waals surface area contributed by atoms with Gasteiger partial charge in [-0.15, -0.1) is 13.2 Å². The summed E-state index contributed by atoms with van der Waals surface area (Å²) in [5, 5.41) is 5.09. The molecule has 11 nitrogen and oxygen atoms in total. The molecule has 0 amide bonds. The molecule has 3 atom stereocenters. The van der Waals surface area contributed by atoms with E-state index in [4.69, 9.17) is 35.3 Å². The fraction of sp³-hybridized carbons (Fsp3) is 0.513. The molecule has 6 heterocycles. The van der Waals surface area contributed by atoms with Crippen molar-refractivity contribution < 1.29 is 27.5 Å². The first-order valence-electron chi connectivity index (χ1n) is 18.4. The number of methoxy groups -OCH3 is 1. The number of rotatable bonds is 16. The first-order valence-corrected chi connectivity index (χ1v) is 18.8. The smallest absolute Gasteiger partial charge is 0.319 e. The summed E-state index contributed by atoms with van der Waals surface area (Å²) < 4.78 is 54.4. The standard InChI is InChI=1S/C39H46ClF2N7O4/c1-4-6-11-28-29(17-27(18-31(28)40)52-24-50-3)35-34(42)36-30(20-43-35)37(46-38(45-36)51-23-39-13-9-15-49(39)22-26(41)19-39)48-14-8-10-25(21-48)16-32-44-33(53-47-32)12-7-5-2/h4-5,17-18,20,25-26H,1-2,6-16,19,21-24H2,3H3/t25?,26-,39+/m1/s1. The van der Waals surface area contributed by atoms with Gasteiger partial charge in [0, 0.05) is 62.8 Å². The van der Waals surface area contributed by atoms with Crippen molar-refractivity contribution >= 4 is 28.3 Å². The van der Waals surface area contributed by atoms with Crippen LogP contribution < -0.4 is 14.4 Å². The molecular weight excluding hydrogens is 704 g/mol. The van der Waals surface area contributed by atoms with Gasteiger partial charge in [0.2, 0.25) is 5.89 Å². The van der Waals surface area contributed by atoms with Crippen molar-refractivity contribution in [3.63, 3.8) is 0 Å². The highest BCUT2D eigenvalue weighted by atomic mass is 35.5. The highest BCUT2D eigenvalue weighted by Gasteiger charge is 2.49. The van der Waals surface area contributed by atoms with Gasteiger partial charge in [-0.2, -0.15) is 15.0 Å². The third-order valence-electron chi connectivity index (χ3n) is 10.6. The molecule has 7 rings (SSSR count). The molecule has 53 heavy (non-hydrogen) atoms. The van der Waals surface area contributed by atoms with Gasteiger partial charge in [-0.25, -0.2) is 8.78 Å². The lowest BCUT2D eigenvalue weighted by Gasteiger charge is -2.34. The lowest BCUT2D eigenvalue weighted by molar-refractivity contribution is 0.0511. The molecule has 3 aromatic heterocycles. The minimum Gasteiger partial charge on any atom is -0.467 e. The second-order valence-electron chi connectivity index (χ2n) is 14.3. The normalized spacial score (nSPS) is 21.6. The number of benzene rings is 1. The Bertz CT molecular complexity index is 1950. The third kappa shape index (κ3) is 8.02. The van der Waals surface area contributed by atoms with Crippen molar-refractivity contribution in [3.05, 3.63) is 71.8 Å². The fourth-order valence-electron chi connectivity index (χ4n) is 8.08. The molecule has 4 aromatic rings. The predicted molar refractivity (Wildman–Crippen MR) is 199 cm³/mol. The largest absolute Gasteiger partial charge is 0.467 e. The molecule has 0 N–H and O–H groups in total. The van der Waals surface area contributed by atoms with Crippen LogP contribution in [0, 0.1) is 11.7 Å². The second-order valence-corrected chi connectivity index (χ2v) is 14.7. The molecule has 3 saturated heterocycles. The van der Waals surface area contributed by atoms with E-state index in [2.05, 4.69) is 43.1 Å². The Morgan fingerprint density at radius 3 is 2.75 bits per heavy atom. The van der Waals surface area contributed by atoms with Gasteiger partial charge >= 0.3 is 6.01 Å². The van der Waals surface area contributed by atoms with Crippen molar-refractivity contribution in [2.75, 3.05) is 51.6 Å². The minimum atomic E-state index is -0.911. The lowest BCUT2D eigenvalue weighted by atomic mass is 9.94. The zero-order valence-electron chi connectivity index (χ0n) is 30.2. The number of fused-ring (bicyclic) bond motifs is 2. The molecule has 0 radical (unpaired) electrons. The number of alkyl halides is 1. The van der Waals surface area contributed by atoms with E-state index in [9.17, 15) is 4.39 Å². The van der Waals surface area contributed by atoms with Crippen LogP contribution in [0.5, 0.6) is 11.8 Å². The van der Waals surface area contributed by atoms with Crippen LogP contribution in [0.3, 0.4) is 0 Å². The molecule has 0 aliphatic carbocycles. The summed E-state index contributed by atoms with van der Waals surface area (Å²) in [4.78, 5) is 23.2. The second kappa shape index (κ2) is 16.4. The SMILES string of the molecule is C=CCCc1nc(CC2CCCN(c3nc(OC[C@@]45CCCN4C[C@H](F)C5)nc4c(F)c(-c5cc(OCOC)cc(Cl)c5CCC=C)ncc34)C2)no1. The molecule has 3 aliphatic rings. The number of ether oxygens (including phenoxy) is 3. The zero-order chi connectivity index (χ0) is 37.0. The molecular formula is C39H46ClF2N7O4. The van der Waals surface area contributed by atoms with E-state index in [0.29, 0.717) is 96.6 Å². The summed E-state index contributed by atoms with van der Waals surface area (Å²) in [7, 11) is 1.52. The maximum Gasteiger partial charge on any atom is 0.319 e. The number of pyridine rings is 1. The van der Waals surface area contributed by atoms with Gasteiger partial charge in [0.05, 0.1) is 10.9 Å². The van der Waals surface area contributed by atoms with E-state index in [-0.39, 0.29) is 36.5 Å². The highest BCUT2D eigenvalue weighted by Crippen LogP contribution is 2.42. The Morgan fingerprint density at radius 1 is 1.08 bits per heavy atom. The first kappa shape index (κ1) is 37.1. The number of halogens is 3. The van der Waals surface area contributed by atoms with E-state index < -0.39 is 17.5 Å². The van der Waals surface area contributed by atoms with Gasteiger partial charge in [0.15, 0.2) is 18.4 Å². The predicted octanol–water partition coefficient (Wildman–Crippen LogP) is 7.50. The number of aromatic nitrogens is 5. The Balaban J connectivity index is 1.26. The molecule has 1 aromatic carbocycles. The molecule has 0 bridgehead atoms. The van der Waals surface area contributed by atoms with E-state index in [1.54, 1.807) is 24.4 Å². The van der Waals surface area contributed by atoms with Gasteiger partial charge in [-0.05, 0) is 75.1 Å². The first-order chi connectivity index (χ1) is 25.8. The highest BCUT2D eigenvalue weighted by molar-refractivity contribution is 6.32. The van der Waals surface area contributed by atoms with Gasteiger partial charge in [-0.3, -0.25) is 9.88 Å². The maximum atomic E-state index is 17.1. The zero-order valence-corrected chi connectivity index (χ0v) is 30.9. The van der Waals surface area contributed by atoms with Crippen LogP contribution in [0.15, 0.2) is 48.2 Å². The monoisotopic (exact) mass is 749 g/mol. The number of hydrogen-bond acceptors (Lipinski definition) is 11. The van der Waals surface area contributed by atoms with E-state index in [0.717, 1.165) is 38.6 Å². The van der Waals surface area contributed by atoms with E-state index >= 15 is 4.39 Å². The van der Waals surface area contributed by atoms with Crippen LogP contribution in [-0.4, -0.2) is 88.4 Å². The number of hydrogen-bond donors (Lipinski definition) is 0. The quantitative estimate of drug-likeness (QED) is 0.0839. The lowest BCUT2D eigenvalue weighted by Crippen LogP contribution is -2.43. The van der Waals surface area contributed by atoms with Crippen LogP contribution in [0.2, 0.25) is 5.02 Å². The molecule has 0 saturated carbocycles. The number of anilines is 1. The van der Waals surface area contributed by atoms with Crippen molar-refractivity contribution in [1.29, 1.82) is 0 Å².